The summed E-state index contributed by atoms with van der Waals surface area (Å²) >= 11 is 0. The monoisotopic (exact) mass is 966 g/mol. The summed E-state index contributed by atoms with van der Waals surface area (Å²) in [7, 11) is 0. The maximum atomic E-state index is 13.0. The quantitative estimate of drug-likeness (QED) is 0.0546. The Hall–Kier alpha value is -10.8. The summed E-state index contributed by atoms with van der Waals surface area (Å²) in [5.41, 5.74) is -7.90. The first kappa shape index (κ1) is 46.4. The van der Waals surface area contributed by atoms with Gasteiger partial charge in [0, 0.05) is 66.6 Å². The summed E-state index contributed by atoms with van der Waals surface area (Å²) in [4.78, 5) is 120. The van der Waals surface area contributed by atoms with Crippen molar-refractivity contribution < 1.29 is 79.2 Å². The fourth-order valence-electron chi connectivity index (χ4n) is 8.97. The van der Waals surface area contributed by atoms with Crippen LogP contribution >= 0.6 is 0 Å². The molecule has 0 saturated carbocycles. The minimum atomic E-state index is -1.58. The number of nitrogens with zero attached hydrogens (tertiary/aromatic N) is 2. The minimum Gasteiger partial charge on any atom is -0.478 e. The van der Waals surface area contributed by atoms with Crippen molar-refractivity contribution in [2.75, 3.05) is 0 Å². The molecule has 0 atom stereocenters. The molecular weight excluding hydrogens is 937 g/mol. The molecule has 0 aliphatic carbocycles. The summed E-state index contributed by atoms with van der Waals surface area (Å²) in [5.74, 6) is -12.6. The van der Waals surface area contributed by atoms with Crippen molar-refractivity contribution in [3.8, 4) is 44.5 Å². The highest BCUT2D eigenvalue weighted by Gasteiger charge is 2.31. The number of H-pyrrole nitrogens is 2. The third-order valence-corrected chi connectivity index (χ3v) is 11.9. The number of aromatic carboxylic acids is 8. The van der Waals surface area contributed by atoms with Crippen molar-refractivity contribution in [1.29, 1.82) is 0 Å². The lowest BCUT2D eigenvalue weighted by atomic mass is 9.92. The zero-order valence-electron chi connectivity index (χ0n) is 36.3. The third-order valence-electron chi connectivity index (χ3n) is 11.9. The lowest BCUT2D eigenvalue weighted by molar-refractivity contribution is 0.0678. The van der Waals surface area contributed by atoms with Gasteiger partial charge in [-0.2, -0.15) is 0 Å². The molecule has 7 aromatic rings. The van der Waals surface area contributed by atoms with Crippen LogP contribution in [0.1, 0.15) is 106 Å². The number of hydrogen-bond donors (Lipinski definition) is 10. The van der Waals surface area contributed by atoms with Crippen LogP contribution in [0, 0.1) is 0 Å². The number of nitrogens with one attached hydrogen (secondary N) is 2. The Morgan fingerprint density at radius 2 is 0.431 bits per heavy atom. The third kappa shape index (κ3) is 7.73. The first-order valence-electron chi connectivity index (χ1n) is 20.9. The Bertz CT molecular complexity index is 3290. The molecule has 2 aliphatic heterocycles. The van der Waals surface area contributed by atoms with Gasteiger partial charge in [-0.05, 0) is 97.1 Å². The molecule has 5 heterocycles. The Kier molecular flexibility index (Phi) is 11.4. The van der Waals surface area contributed by atoms with Gasteiger partial charge in [0.05, 0.1) is 67.3 Å². The van der Waals surface area contributed by atoms with E-state index in [1.54, 1.807) is 0 Å². The first-order chi connectivity index (χ1) is 34.4. The van der Waals surface area contributed by atoms with E-state index >= 15 is 0 Å². The van der Waals surface area contributed by atoms with Crippen LogP contribution in [0.25, 0.3) is 90.9 Å². The molecule has 20 heteroatoms. The fraction of sp³-hybridized carbons (Fsp3) is 0. The van der Waals surface area contributed by atoms with Crippen LogP contribution in [0.5, 0.6) is 0 Å². The van der Waals surface area contributed by atoms with Crippen LogP contribution < -0.4 is 0 Å². The Morgan fingerprint density at radius 3 is 0.583 bits per heavy atom. The number of aromatic amines is 2. The number of rotatable bonds is 12. The predicted molar refractivity (Wildman–Crippen MR) is 256 cm³/mol. The van der Waals surface area contributed by atoms with Gasteiger partial charge in [-0.15, -0.1) is 0 Å². The first-order valence-corrected chi connectivity index (χ1v) is 20.9. The molecule has 0 fully saturated rings. The van der Waals surface area contributed by atoms with E-state index in [-0.39, 0.29) is 67.1 Å². The average molecular weight is 967 g/mol. The molecule has 0 spiro atoms. The molecule has 20 nitrogen and oxygen atoms in total. The van der Waals surface area contributed by atoms with Gasteiger partial charge in [0.1, 0.15) is 0 Å². The van der Waals surface area contributed by atoms with Crippen molar-refractivity contribution in [2.24, 2.45) is 0 Å². The Labute approximate surface area is 401 Å². The maximum absolute atomic E-state index is 13.0. The minimum absolute atomic E-state index is 0.0958. The van der Waals surface area contributed by atoms with Crippen molar-refractivity contribution in [3.05, 3.63) is 164 Å². The summed E-state index contributed by atoms with van der Waals surface area (Å²) < 4.78 is 0. The van der Waals surface area contributed by atoms with Gasteiger partial charge in [0.2, 0.25) is 0 Å². The van der Waals surface area contributed by atoms with Crippen LogP contribution in [0.15, 0.2) is 97.1 Å². The lowest BCUT2D eigenvalue weighted by Crippen LogP contribution is -2.08. The van der Waals surface area contributed by atoms with E-state index in [9.17, 15) is 79.2 Å². The van der Waals surface area contributed by atoms with E-state index < -0.39 is 115 Å². The standard InChI is InChI=1S/C52H30N4O16/c57-45(58)21-5-1-6-22(46(59)60)37(21)41-29-13-15-31(53-29)42(38-23(47(61)62)7-2-8-24(38)48(63)64)33-17-19-35(55-33)44(40-27(51(69)70)11-4-12-28(40)52(71)72)36-20-18-34(56-36)43(32-16-14-30(41)54-32)39-25(49(65)66)9-3-10-26(39)50(67)68/h1-20,53,56H,(H,57,58)(H,59,60)(H,61,62)(H,63,64)(H,65,66)(H,67,68)(H,69,70)(H,71,72). The normalized spacial score (nSPS) is 11.6. The van der Waals surface area contributed by atoms with E-state index in [0.29, 0.717) is 0 Å². The lowest BCUT2D eigenvalue weighted by Gasteiger charge is -2.14. The summed E-state index contributed by atoms with van der Waals surface area (Å²) in [5, 5.41) is 84.5. The summed E-state index contributed by atoms with van der Waals surface area (Å²) in [6.07, 6.45) is 5.27. The van der Waals surface area contributed by atoms with Gasteiger partial charge in [0.15, 0.2) is 0 Å². The van der Waals surface area contributed by atoms with Gasteiger partial charge in [0.25, 0.3) is 0 Å². The molecule has 2 aliphatic rings. The predicted octanol–water partition coefficient (Wildman–Crippen LogP) is 8.91. The molecule has 0 amide bonds. The molecule has 9 rings (SSSR count). The Morgan fingerprint density at radius 1 is 0.264 bits per heavy atom. The van der Waals surface area contributed by atoms with Gasteiger partial charge >= 0.3 is 47.8 Å². The number of carboxylic acids is 8. The van der Waals surface area contributed by atoms with Crippen molar-refractivity contribution >= 4 is 94.1 Å². The van der Waals surface area contributed by atoms with E-state index in [1.807, 2.05) is 0 Å². The highest BCUT2D eigenvalue weighted by atomic mass is 16.4. The molecular formula is C52H30N4O16. The van der Waals surface area contributed by atoms with Gasteiger partial charge in [-0.3, -0.25) is 0 Å². The topological polar surface area (TPSA) is 356 Å². The number of fused-ring (bicyclic) bond motifs is 8. The summed E-state index contributed by atoms with van der Waals surface area (Å²) in [6, 6.07) is 19.2. The zero-order valence-corrected chi connectivity index (χ0v) is 36.3. The zero-order chi connectivity index (χ0) is 51.4. The van der Waals surface area contributed by atoms with Crippen LogP contribution in [0.3, 0.4) is 0 Å². The van der Waals surface area contributed by atoms with Crippen molar-refractivity contribution in [1.82, 2.24) is 19.9 Å². The second-order valence-electron chi connectivity index (χ2n) is 15.9. The largest absolute Gasteiger partial charge is 0.478 e. The second kappa shape index (κ2) is 17.7. The van der Waals surface area contributed by atoms with Crippen LogP contribution in [-0.2, 0) is 0 Å². The molecule has 0 saturated heterocycles. The van der Waals surface area contributed by atoms with E-state index in [1.165, 1.54) is 72.8 Å². The second-order valence-corrected chi connectivity index (χ2v) is 15.9. The van der Waals surface area contributed by atoms with Crippen LogP contribution in [0.2, 0.25) is 0 Å². The molecule has 3 aromatic heterocycles. The highest BCUT2D eigenvalue weighted by Crippen LogP contribution is 2.43. The van der Waals surface area contributed by atoms with Gasteiger partial charge in [-0.25, -0.2) is 48.3 Å². The highest BCUT2D eigenvalue weighted by molar-refractivity contribution is 6.15. The van der Waals surface area contributed by atoms with E-state index in [0.717, 1.165) is 48.5 Å². The maximum Gasteiger partial charge on any atom is 0.336 e. The molecule has 0 radical (unpaired) electrons. The van der Waals surface area contributed by atoms with E-state index in [2.05, 4.69) is 9.97 Å². The molecule has 0 unspecified atom stereocenters. The summed E-state index contributed by atoms with van der Waals surface area (Å²) in [6.45, 7) is 0. The molecule has 8 bridgehead atoms. The van der Waals surface area contributed by atoms with Crippen molar-refractivity contribution in [3.63, 3.8) is 0 Å². The van der Waals surface area contributed by atoms with E-state index in [4.69, 9.17) is 9.97 Å². The Balaban J connectivity index is 1.63. The number of benzene rings is 4. The molecule has 4 aromatic carbocycles. The van der Waals surface area contributed by atoms with Crippen LogP contribution in [-0.4, -0.2) is 109 Å². The SMILES string of the molecule is O=C(O)c1cccc(C(=O)O)c1-c1c2nc(c(-c3c(C(=O)O)cccc3C(=O)O)c3ccc([nH]3)c(-c3c(C(=O)O)cccc3C(=O)O)c3nc(c(-c4c(C(=O)O)cccc4C(=O)O)c4ccc1[nH]4)C=C3)C=C2. The average Bonchev–Trinajstić information content (AvgIpc) is 4.19. The van der Waals surface area contributed by atoms with Crippen molar-refractivity contribution in [2.45, 2.75) is 0 Å². The van der Waals surface area contributed by atoms with Gasteiger partial charge < -0.3 is 50.8 Å². The fourth-order valence-corrected chi connectivity index (χ4v) is 8.97. The molecule has 354 valence electrons. The number of hydrogen-bond acceptors (Lipinski definition) is 10. The molecule has 72 heavy (non-hydrogen) atoms. The molecule has 10 N–H and O–H groups in total. The number of carbonyl (C=O) groups is 8. The number of carboxylic acid groups (broad SMARTS) is 8. The smallest absolute Gasteiger partial charge is 0.336 e. The van der Waals surface area contributed by atoms with Gasteiger partial charge in [-0.1, -0.05) is 24.3 Å². The number of aromatic nitrogens is 4. The van der Waals surface area contributed by atoms with Crippen LogP contribution in [0.4, 0.5) is 0 Å².